The molecule has 0 aromatic carbocycles. The molecule has 0 unspecified atom stereocenters. The lowest BCUT2D eigenvalue weighted by Crippen LogP contribution is -2.47. The number of aryl methyl sites for hydroxylation is 2. The molecule has 1 aliphatic rings. The van der Waals surface area contributed by atoms with Gasteiger partial charge in [0, 0.05) is 38.8 Å². The van der Waals surface area contributed by atoms with Gasteiger partial charge in [0.2, 0.25) is 0 Å². The summed E-state index contributed by atoms with van der Waals surface area (Å²) >= 11 is 1.09. The molecule has 0 atom stereocenters. The van der Waals surface area contributed by atoms with Crippen molar-refractivity contribution in [2.24, 2.45) is 0 Å². The number of carboxylic acid groups (broad SMARTS) is 1. The second-order valence-corrected chi connectivity index (χ2v) is 7.07. The molecule has 0 radical (unpaired) electrons. The van der Waals surface area contributed by atoms with Gasteiger partial charge in [-0.25, -0.2) is 19.7 Å². The summed E-state index contributed by atoms with van der Waals surface area (Å²) in [7, 11) is 0. The van der Waals surface area contributed by atoms with Gasteiger partial charge in [0.05, 0.1) is 12.3 Å². The Kier molecular flexibility index (Phi) is 5.64. The van der Waals surface area contributed by atoms with Crippen LogP contribution in [0, 0.1) is 13.8 Å². The van der Waals surface area contributed by atoms with E-state index in [-0.39, 0.29) is 11.5 Å². The zero-order valence-electron chi connectivity index (χ0n) is 14.8. The molecular weight excluding hydrogens is 356 g/mol. The topological polar surface area (TPSA) is 115 Å². The number of aromatic carboxylic acids is 1. The number of piperazine rings is 1. The van der Waals surface area contributed by atoms with E-state index in [0.29, 0.717) is 29.0 Å². The predicted octanol–water partition coefficient (Wildman–Crippen LogP) is 1.11. The van der Waals surface area contributed by atoms with Gasteiger partial charge in [-0.2, -0.15) is 0 Å². The summed E-state index contributed by atoms with van der Waals surface area (Å²) in [4.78, 5) is 28.9. The quantitative estimate of drug-likeness (QED) is 0.680. The maximum Gasteiger partial charge on any atom is 0.347 e. The van der Waals surface area contributed by atoms with Gasteiger partial charge in [0.15, 0.2) is 5.13 Å². The van der Waals surface area contributed by atoms with Crippen LogP contribution in [0.15, 0.2) is 6.07 Å². The van der Waals surface area contributed by atoms with Gasteiger partial charge in [-0.3, -0.25) is 4.90 Å². The van der Waals surface area contributed by atoms with E-state index in [9.17, 15) is 4.79 Å². The second-order valence-electron chi connectivity index (χ2n) is 6.07. The van der Waals surface area contributed by atoms with Crippen LogP contribution >= 0.6 is 11.3 Å². The third-order valence-corrected chi connectivity index (χ3v) is 5.22. The fourth-order valence-electron chi connectivity index (χ4n) is 2.88. The Morgan fingerprint density at radius 1 is 1.23 bits per heavy atom. The van der Waals surface area contributed by atoms with E-state index in [2.05, 4.69) is 30.1 Å². The van der Waals surface area contributed by atoms with Crippen LogP contribution in [0.3, 0.4) is 0 Å². The molecule has 1 fully saturated rings. The third-order valence-electron chi connectivity index (χ3n) is 4.16. The minimum absolute atomic E-state index is 0.173. The first kappa shape index (κ1) is 18.5. The van der Waals surface area contributed by atoms with Gasteiger partial charge >= 0.3 is 5.97 Å². The smallest absolute Gasteiger partial charge is 0.347 e. The Morgan fingerprint density at radius 2 is 1.96 bits per heavy atom. The van der Waals surface area contributed by atoms with E-state index in [1.807, 2.05) is 13.0 Å². The van der Waals surface area contributed by atoms with E-state index >= 15 is 0 Å². The summed E-state index contributed by atoms with van der Waals surface area (Å²) in [5.41, 5.74) is 0.482. The Bertz CT molecular complexity index is 788. The first-order valence-electron chi connectivity index (χ1n) is 8.38. The molecule has 26 heavy (non-hydrogen) atoms. The molecule has 0 spiro atoms. The Morgan fingerprint density at radius 3 is 2.58 bits per heavy atom. The molecule has 1 aliphatic heterocycles. The van der Waals surface area contributed by atoms with Crippen molar-refractivity contribution >= 4 is 34.1 Å². The number of rotatable bonds is 6. The van der Waals surface area contributed by atoms with Crippen molar-refractivity contribution in [2.75, 3.05) is 49.5 Å². The largest absolute Gasteiger partial charge is 0.477 e. The van der Waals surface area contributed by atoms with E-state index in [1.54, 1.807) is 6.92 Å². The van der Waals surface area contributed by atoms with Gasteiger partial charge < -0.3 is 20.4 Å². The van der Waals surface area contributed by atoms with Gasteiger partial charge in [-0.05, 0) is 13.8 Å². The van der Waals surface area contributed by atoms with Crippen LogP contribution in [0.4, 0.5) is 16.8 Å². The summed E-state index contributed by atoms with van der Waals surface area (Å²) in [5.74, 6) is 1.08. The molecule has 3 rings (SSSR count). The van der Waals surface area contributed by atoms with Crippen molar-refractivity contribution in [3.8, 4) is 0 Å². The van der Waals surface area contributed by atoms with E-state index in [4.69, 9.17) is 10.2 Å². The standard InChI is InChI=1S/C16H22N6O3S/c1-10-14(15(24)25)26-16(17-10)20-12-9-13(19-11(2)18-12)22-5-3-21(4-6-22)7-8-23/h9,23H,3-8H2,1-2H3,(H,24,25)(H,17,18,19,20). The van der Waals surface area contributed by atoms with Gasteiger partial charge in [0.25, 0.3) is 0 Å². The number of hydrogen-bond donors (Lipinski definition) is 3. The highest BCUT2D eigenvalue weighted by Crippen LogP contribution is 2.26. The van der Waals surface area contributed by atoms with E-state index < -0.39 is 5.97 Å². The summed E-state index contributed by atoms with van der Waals surface area (Å²) in [5, 5.41) is 21.8. The average molecular weight is 378 g/mol. The summed E-state index contributed by atoms with van der Waals surface area (Å²) in [6, 6.07) is 1.85. The maximum absolute atomic E-state index is 11.2. The lowest BCUT2D eigenvalue weighted by molar-refractivity contribution is 0.0701. The van der Waals surface area contributed by atoms with Gasteiger partial charge in [-0.15, -0.1) is 0 Å². The molecule has 10 heteroatoms. The lowest BCUT2D eigenvalue weighted by atomic mass is 10.3. The summed E-state index contributed by atoms with van der Waals surface area (Å²) in [6.45, 7) is 7.77. The van der Waals surface area contributed by atoms with Gasteiger partial charge in [0.1, 0.15) is 22.3 Å². The molecule has 3 N–H and O–H groups in total. The first-order chi connectivity index (χ1) is 12.5. The van der Waals surface area contributed by atoms with Crippen molar-refractivity contribution in [3.63, 3.8) is 0 Å². The number of aliphatic hydroxyl groups excluding tert-OH is 1. The molecule has 3 heterocycles. The van der Waals surface area contributed by atoms with Crippen LogP contribution in [0.25, 0.3) is 0 Å². The zero-order chi connectivity index (χ0) is 18.7. The van der Waals surface area contributed by atoms with Crippen molar-refractivity contribution in [2.45, 2.75) is 13.8 Å². The second kappa shape index (κ2) is 7.94. The minimum Gasteiger partial charge on any atom is -0.477 e. The molecule has 2 aromatic heterocycles. The normalized spacial score (nSPS) is 15.3. The Balaban J connectivity index is 1.74. The molecule has 1 saturated heterocycles. The number of nitrogens with one attached hydrogen (secondary N) is 1. The van der Waals surface area contributed by atoms with Crippen LogP contribution in [0.1, 0.15) is 21.2 Å². The highest BCUT2D eigenvalue weighted by atomic mass is 32.1. The van der Waals surface area contributed by atoms with Crippen LogP contribution in [0.2, 0.25) is 0 Å². The number of nitrogens with zero attached hydrogens (tertiary/aromatic N) is 5. The van der Waals surface area contributed by atoms with Crippen LogP contribution in [-0.4, -0.2) is 75.4 Å². The number of carbonyl (C=O) groups is 1. The Labute approximate surface area is 155 Å². The van der Waals surface area contributed by atoms with E-state index in [1.165, 1.54) is 0 Å². The first-order valence-corrected chi connectivity index (χ1v) is 9.19. The molecule has 0 saturated carbocycles. The summed E-state index contributed by atoms with van der Waals surface area (Å²) < 4.78 is 0. The number of hydrogen-bond acceptors (Lipinski definition) is 9. The number of anilines is 3. The minimum atomic E-state index is -0.978. The zero-order valence-corrected chi connectivity index (χ0v) is 15.6. The number of carboxylic acids is 1. The molecule has 0 bridgehead atoms. The maximum atomic E-state index is 11.2. The SMILES string of the molecule is Cc1nc(Nc2nc(C)c(C(=O)O)s2)cc(N2CCN(CCO)CC2)n1. The van der Waals surface area contributed by atoms with Crippen molar-refractivity contribution in [3.05, 3.63) is 22.5 Å². The molecule has 9 nitrogen and oxygen atoms in total. The molecule has 0 amide bonds. The molecule has 0 aliphatic carbocycles. The number of β-amino-alcohol motifs (C(OH)–C–C–N with tert-alkyl or cyclic N) is 1. The number of thiazole rings is 1. The third kappa shape index (κ3) is 4.26. The van der Waals surface area contributed by atoms with Crippen molar-refractivity contribution in [1.82, 2.24) is 19.9 Å². The molecule has 140 valence electrons. The number of aromatic nitrogens is 3. The predicted molar refractivity (Wildman–Crippen MR) is 99.6 cm³/mol. The van der Waals surface area contributed by atoms with Crippen molar-refractivity contribution < 1.29 is 15.0 Å². The van der Waals surface area contributed by atoms with Crippen molar-refractivity contribution in [1.29, 1.82) is 0 Å². The highest BCUT2D eigenvalue weighted by molar-refractivity contribution is 7.17. The fourth-order valence-corrected chi connectivity index (χ4v) is 3.69. The van der Waals surface area contributed by atoms with E-state index in [0.717, 1.165) is 43.3 Å². The summed E-state index contributed by atoms with van der Waals surface area (Å²) in [6.07, 6.45) is 0. The van der Waals surface area contributed by atoms with Crippen LogP contribution < -0.4 is 10.2 Å². The van der Waals surface area contributed by atoms with Crippen LogP contribution in [-0.2, 0) is 0 Å². The lowest BCUT2D eigenvalue weighted by Gasteiger charge is -2.35. The fraction of sp³-hybridized carbons (Fsp3) is 0.500. The monoisotopic (exact) mass is 378 g/mol. The Hall–Kier alpha value is -2.30. The molecular formula is C16H22N6O3S. The average Bonchev–Trinajstić information content (AvgIpc) is 2.96. The molecule has 2 aromatic rings. The number of aliphatic hydroxyl groups is 1. The highest BCUT2D eigenvalue weighted by Gasteiger charge is 2.19. The van der Waals surface area contributed by atoms with Crippen LogP contribution in [0.5, 0.6) is 0 Å². The van der Waals surface area contributed by atoms with Gasteiger partial charge in [-0.1, -0.05) is 11.3 Å².